The van der Waals surface area contributed by atoms with Gasteiger partial charge < -0.3 is 9.84 Å². The van der Waals surface area contributed by atoms with Gasteiger partial charge in [-0.2, -0.15) is 5.10 Å². The molecule has 1 aliphatic rings. The van der Waals surface area contributed by atoms with Gasteiger partial charge in [0.15, 0.2) is 5.82 Å². The number of amides is 1. The Labute approximate surface area is 319 Å². The number of carboxylic acid groups (broad SMARTS) is 1. The predicted octanol–water partition coefficient (Wildman–Crippen LogP) is 9.60. The fourth-order valence-electron chi connectivity index (χ4n) is 6.46. The first-order chi connectivity index (χ1) is 25.7. The number of benzene rings is 4. The lowest BCUT2D eigenvalue weighted by Crippen LogP contribution is -2.50. The Morgan fingerprint density at radius 2 is 1.61 bits per heavy atom. The summed E-state index contributed by atoms with van der Waals surface area (Å²) in [5.74, 6) is -1.95. The standard InChI is InChI=1S/C39H34ClF2N5O5S2/c1-39(2,3)35-36(44-37(48)49)45-38(53-35)54(50,51)33-19-28(40)32(20-29(33)42)52-31-15-14-25(41)18-27(31)30-16-17-43-47(30)26-21-46(22-26)34(23-10-6-4-7-11-23)24-12-8-5-9-13-24/h4-20,26,34,44H,21-22H2,1-3H3,(H,48,49). The Kier molecular flexibility index (Phi) is 10.0. The smallest absolute Gasteiger partial charge is 0.410 e. The van der Waals surface area contributed by atoms with Crippen molar-refractivity contribution in [2.75, 3.05) is 18.4 Å². The average molecular weight is 790 g/mol. The zero-order chi connectivity index (χ0) is 38.4. The maximum Gasteiger partial charge on any atom is 0.410 e. The average Bonchev–Trinajstić information content (AvgIpc) is 3.77. The molecule has 0 atom stereocenters. The topological polar surface area (TPSA) is 127 Å². The molecule has 0 unspecified atom stereocenters. The van der Waals surface area contributed by atoms with Gasteiger partial charge in [0.25, 0.3) is 0 Å². The lowest BCUT2D eigenvalue weighted by molar-refractivity contribution is 0.0691. The third-order valence-electron chi connectivity index (χ3n) is 8.96. The third-order valence-corrected chi connectivity index (χ3v) is 12.9. The number of hydrogen-bond acceptors (Lipinski definition) is 8. The highest BCUT2D eigenvalue weighted by atomic mass is 35.5. The summed E-state index contributed by atoms with van der Waals surface area (Å²) < 4.78 is 65.2. The number of thiazole rings is 1. The van der Waals surface area contributed by atoms with Crippen molar-refractivity contribution in [2.24, 2.45) is 0 Å². The molecule has 2 aromatic heterocycles. The van der Waals surface area contributed by atoms with E-state index >= 15 is 4.39 Å². The van der Waals surface area contributed by atoms with Gasteiger partial charge in [-0.05, 0) is 41.5 Å². The van der Waals surface area contributed by atoms with Gasteiger partial charge in [-0.15, -0.1) is 11.3 Å². The second kappa shape index (κ2) is 14.6. The van der Waals surface area contributed by atoms with Crippen LogP contribution in [0.2, 0.25) is 5.02 Å². The van der Waals surface area contributed by atoms with Gasteiger partial charge in [-0.1, -0.05) is 93.0 Å². The Balaban J connectivity index is 1.16. The van der Waals surface area contributed by atoms with Crippen LogP contribution in [0.15, 0.2) is 112 Å². The zero-order valence-electron chi connectivity index (χ0n) is 29.2. The van der Waals surface area contributed by atoms with Crippen LogP contribution in [0, 0.1) is 11.6 Å². The Bertz CT molecular complexity index is 2410. The van der Waals surface area contributed by atoms with Crippen molar-refractivity contribution < 1.29 is 31.8 Å². The van der Waals surface area contributed by atoms with Crippen LogP contribution in [-0.2, 0) is 15.3 Å². The van der Waals surface area contributed by atoms with E-state index in [2.05, 4.69) is 44.6 Å². The quantitative estimate of drug-likeness (QED) is 0.141. The summed E-state index contributed by atoms with van der Waals surface area (Å²) in [5, 5.41) is 15.7. The van der Waals surface area contributed by atoms with Gasteiger partial charge in [0.05, 0.1) is 27.7 Å². The molecular weight excluding hydrogens is 756 g/mol. The van der Waals surface area contributed by atoms with E-state index in [0.717, 1.165) is 34.6 Å². The van der Waals surface area contributed by atoms with E-state index in [4.69, 9.17) is 16.3 Å². The Morgan fingerprint density at radius 1 is 0.963 bits per heavy atom. The van der Waals surface area contributed by atoms with Crippen LogP contribution in [0.1, 0.15) is 48.9 Å². The highest BCUT2D eigenvalue weighted by Gasteiger charge is 2.37. The SMILES string of the molecule is CC(C)(C)c1sc(S(=O)(=O)c2cc(Cl)c(Oc3ccc(F)cc3-c3ccnn3C3CN(C(c4ccccc4)c4ccccc4)C3)cc2F)nc1NC(=O)O. The molecule has 278 valence electrons. The number of ether oxygens (including phenoxy) is 1. The minimum atomic E-state index is -4.59. The zero-order valence-corrected chi connectivity index (χ0v) is 31.6. The maximum atomic E-state index is 15.7. The van der Waals surface area contributed by atoms with Crippen LogP contribution in [0.5, 0.6) is 11.5 Å². The summed E-state index contributed by atoms with van der Waals surface area (Å²) >= 11 is 7.26. The van der Waals surface area contributed by atoms with Gasteiger partial charge in [0, 0.05) is 36.3 Å². The van der Waals surface area contributed by atoms with Crippen LogP contribution < -0.4 is 10.1 Å². The van der Waals surface area contributed by atoms with Crippen molar-refractivity contribution >= 4 is 44.7 Å². The number of halogens is 3. The van der Waals surface area contributed by atoms with Crippen molar-refractivity contribution in [3.05, 3.63) is 136 Å². The molecule has 4 aromatic carbocycles. The first-order valence-electron chi connectivity index (χ1n) is 16.8. The first-order valence-corrected chi connectivity index (χ1v) is 19.5. The summed E-state index contributed by atoms with van der Waals surface area (Å²) in [6, 6.07) is 27.8. The molecule has 1 amide bonds. The largest absolute Gasteiger partial charge is 0.465 e. The molecule has 0 bridgehead atoms. The normalized spacial score (nSPS) is 13.9. The van der Waals surface area contributed by atoms with Crippen molar-refractivity contribution in [2.45, 2.75) is 47.5 Å². The van der Waals surface area contributed by atoms with E-state index in [-0.39, 0.29) is 34.4 Å². The lowest BCUT2D eigenvalue weighted by Gasteiger charge is -2.45. The molecule has 54 heavy (non-hydrogen) atoms. The third kappa shape index (κ3) is 7.34. The number of likely N-dealkylation sites (tertiary alicyclic amines) is 1. The summed E-state index contributed by atoms with van der Waals surface area (Å²) in [7, 11) is -4.59. The molecule has 7 rings (SSSR count). The number of carbonyl (C=O) groups is 1. The van der Waals surface area contributed by atoms with Crippen molar-refractivity contribution in [3.63, 3.8) is 0 Å². The minimum Gasteiger partial charge on any atom is -0.465 e. The number of nitrogens with one attached hydrogen (secondary N) is 1. The lowest BCUT2D eigenvalue weighted by atomic mass is 9.93. The highest BCUT2D eigenvalue weighted by molar-refractivity contribution is 7.93. The highest BCUT2D eigenvalue weighted by Crippen LogP contribution is 2.43. The van der Waals surface area contributed by atoms with E-state index in [9.17, 15) is 22.7 Å². The number of aromatic nitrogens is 3. The monoisotopic (exact) mass is 789 g/mol. The number of anilines is 1. The molecule has 3 heterocycles. The minimum absolute atomic E-state index is 0.0270. The van der Waals surface area contributed by atoms with Crippen LogP contribution in [0.3, 0.4) is 0 Å². The molecule has 0 saturated carbocycles. The van der Waals surface area contributed by atoms with Crippen LogP contribution in [0.4, 0.5) is 19.4 Å². The molecular formula is C39H34ClF2N5O5S2. The van der Waals surface area contributed by atoms with E-state index in [1.165, 1.54) is 18.2 Å². The fourth-order valence-corrected chi connectivity index (χ4v) is 9.49. The number of nitrogens with zero attached hydrogens (tertiary/aromatic N) is 4. The molecule has 6 aromatic rings. The van der Waals surface area contributed by atoms with Crippen molar-refractivity contribution in [3.8, 4) is 22.8 Å². The van der Waals surface area contributed by atoms with Crippen LogP contribution in [-0.4, -0.2) is 52.4 Å². The van der Waals surface area contributed by atoms with Crippen LogP contribution >= 0.6 is 22.9 Å². The van der Waals surface area contributed by atoms with Gasteiger partial charge in [-0.3, -0.25) is 14.9 Å². The molecule has 1 aliphatic heterocycles. The summed E-state index contributed by atoms with van der Waals surface area (Å²) in [6.45, 7) is 6.60. The fraction of sp³-hybridized carbons (Fsp3) is 0.205. The molecule has 0 spiro atoms. The number of sulfone groups is 1. The van der Waals surface area contributed by atoms with E-state index in [1.807, 2.05) is 41.1 Å². The molecule has 0 aliphatic carbocycles. The molecule has 0 radical (unpaired) electrons. The summed E-state index contributed by atoms with van der Waals surface area (Å²) in [4.78, 5) is 17.3. The number of hydrogen-bond donors (Lipinski definition) is 2. The van der Waals surface area contributed by atoms with Gasteiger partial charge in [0.1, 0.15) is 28.0 Å². The molecule has 1 saturated heterocycles. The van der Waals surface area contributed by atoms with Gasteiger partial charge in [0.2, 0.25) is 14.2 Å². The van der Waals surface area contributed by atoms with E-state index in [0.29, 0.717) is 29.2 Å². The summed E-state index contributed by atoms with van der Waals surface area (Å²) in [5.41, 5.74) is 2.54. The second-order valence-corrected chi connectivity index (χ2v) is 17.3. The Hall–Kier alpha value is -5.15. The Morgan fingerprint density at radius 3 is 2.22 bits per heavy atom. The van der Waals surface area contributed by atoms with Crippen molar-refractivity contribution in [1.82, 2.24) is 19.7 Å². The molecule has 1 fully saturated rings. The molecule has 2 N–H and O–H groups in total. The van der Waals surface area contributed by atoms with E-state index < -0.39 is 42.2 Å². The molecule has 15 heteroatoms. The number of rotatable bonds is 10. The predicted molar refractivity (Wildman–Crippen MR) is 202 cm³/mol. The van der Waals surface area contributed by atoms with Crippen molar-refractivity contribution in [1.29, 1.82) is 0 Å². The molecule has 10 nitrogen and oxygen atoms in total. The van der Waals surface area contributed by atoms with Gasteiger partial charge >= 0.3 is 6.09 Å². The summed E-state index contributed by atoms with van der Waals surface area (Å²) in [6.07, 6.45) is 0.189. The van der Waals surface area contributed by atoms with Crippen LogP contribution in [0.25, 0.3) is 11.3 Å². The van der Waals surface area contributed by atoms with E-state index in [1.54, 1.807) is 33.0 Å². The maximum absolute atomic E-state index is 15.7. The van der Waals surface area contributed by atoms with Gasteiger partial charge in [-0.25, -0.2) is 27.0 Å². The first kappa shape index (κ1) is 37.2. The second-order valence-electron chi connectivity index (χ2n) is 13.8.